The summed E-state index contributed by atoms with van der Waals surface area (Å²) in [6.45, 7) is 9.94. The van der Waals surface area contributed by atoms with E-state index in [0.717, 1.165) is 48.4 Å². The minimum atomic E-state index is 0.114. The SMILES string of the molecule is C=C(Oc1c(C)cccc1C)c1ccc(Oc2ccnc(N)c2C(N)=NC2CCCNC2)cc1. The fourth-order valence-corrected chi connectivity index (χ4v) is 3.98. The summed E-state index contributed by atoms with van der Waals surface area (Å²) in [5.74, 6) is 3.15. The van der Waals surface area contributed by atoms with E-state index in [9.17, 15) is 0 Å². The van der Waals surface area contributed by atoms with Crippen molar-refractivity contribution >= 4 is 17.4 Å². The molecule has 7 heteroatoms. The van der Waals surface area contributed by atoms with Gasteiger partial charge in [0.1, 0.15) is 40.2 Å². The molecule has 0 spiro atoms. The molecule has 1 fully saturated rings. The lowest BCUT2D eigenvalue weighted by atomic mass is 10.1. The summed E-state index contributed by atoms with van der Waals surface area (Å²) in [5.41, 5.74) is 16.0. The van der Waals surface area contributed by atoms with E-state index in [1.165, 1.54) is 0 Å². The van der Waals surface area contributed by atoms with Crippen molar-refractivity contribution in [1.82, 2.24) is 10.3 Å². The van der Waals surface area contributed by atoms with Crippen molar-refractivity contribution in [2.45, 2.75) is 32.7 Å². The molecule has 5 N–H and O–H groups in total. The maximum atomic E-state index is 6.34. The van der Waals surface area contributed by atoms with Gasteiger partial charge in [-0.2, -0.15) is 0 Å². The fourth-order valence-electron chi connectivity index (χ4n) is 3.98. The third-order valence-electron chi connectivity index (χ3n) is 5.83. The number of pyridine rings is 1. The zero-order valence-corrected chi connectivity index (χ0v) is 19.7. The number of para-hydroxylation sites is 1. The number of nitrogens with one attached hydrogen (secondary N) is 1. The highest BCUT2D eigenvalue weighted by Gasteiger charge is 2.18. The van der Waals surface area contributed by atoms with Gasteiger partial charge in [-0.15, -0.1) is 0 Å². The monoisotopic (exact) mass is 457 g/mol. The lowest BCUT2D eigenvalue weighted by molar-refractivity contribution is 0.460. The van der Waals surface area contributed by atoms with Crippen LogP contribution in [-0.2, 0) is 0 Å². The number of ether oxygens (including phenoxy) is 2. The van der Waals surface area contributed by atoms with Crippen LogP contribution in [0.25, 0.3) is 5.76 Å². The van der Waals surface area contributed by atoms with Crippen molar-refractivity contribution in [3.8, 4) is 17.2 Å². The third-order valence-corrected chi connectivity index (χ3v) is 5.83. The Kier molecular flexibility index (Phi) is 7.13. The number of amidine groups is 1. The molecule has 176 valence electrons. The Morgan fingerprint density at radius 1 is 1.12 bits per heavy atom. The van der Waals surface area contributed by atoms with Gasteiger partial charge in [-0.25, -0.2) is 4.98 Å². The number of benzene rings is 2. The van der Waals surface area contributed by atoms with Gasteiger partial charge in [-0.05, 0) is 68.6 Å². The van der Waals surface area contributed by atoms with Gasteiger partial charge in [0.05, 0.1) is 6.04 Å². The van der Waals surface area contributed by atoms with Gasteiger partial charge in [0.25, 0.3) is 0 Å². The second-order valence-corrected chi connectivity index (χ2v) is 8.46. The van der Waals surface area contributed by atoms with Crippen molar-refractivity contribution in [2.75, 3.05) is 18.8 Å². The minimum Gasteiger partial charge on any atom is -0.457 e. The van der Waals surface area contributed by atoms with Gasteiger partial charge < -0.3 is 26.3 Å². The highest BCUT2D eigenvalue weighted by molar-refractivity contribution is 6.04. The molecule has 0 aliphatic carbocycles. The molecular weight excluding hydrogens is 426 g/mol. The van der Waals surface area contributed by atoms with Crippen molar-refractivity contribution < 1.29 is 9.47 Å². The Morgan fingerprint density at radius 3 is 2.53 bits per heavy atom. The molecule has 1 aromatic heterocycles. The summed E-state index contributed by atoms with van der Waals surface area (Å²) in [6.07, 6.45) is 3.65. The number of piperidine rings is 1. The molecule has 0 saturated carbocycles. The van der Waals surface area contributed by atoms with E-state index < -0.39 is 0 Å². The number of nitrogens with two attached hydrogens (primary N) is 2. The largest absolute Gasteiger partial charge is 0.457 e. The van der Waals surface area contributed by atoms with E-state index in [-0.39, 0.29) is 11.9 Å². The van der Waals surface area contributed by atoms with Gasteiger partial charge in [0.15, 0.2) is 0 Å². The normalized spacial score (nSPS) is 16.2. The first-order valence-electron chi connectivity index (χ1n) is 11.4. The van der Waals surface area contributed by atoms with Crippen LogP contribution < -0.4 is 26.3 Å². The zero-order valence-electron chi connectivity index (χ0n) is 19.7. The lowest BCUT2D eigenvalue weighted by Gasteiger charge is -2.20. The van der Waals surface area contributed by atoms with Crippen LogP contribution in [0.2, 0.25) is 0 Å². The molecule has 3 aromatic rings. The first kappa shape index (κ1) is 23.3. The first-order valence-corrected chi connectivity index (χ1v) is 11.4. The molecular formula is C27H31N5O2. The van der Waals surface area contributed by atoms with Crippen molar-refractivity contribution in [2.24, 2.45) is 10.7 Å². The fraction of sp³-hybridized carbons (Fsp3) is 0.259. The van der Waals surface area contributed by atoms with Crippen LogP contribution in [0.1, 0.15) is 35.1 Å². The summed E-state index contributed by atoms with van der Waals surface area (Å²) in [5, 5.41) is 3.34. The molecule has 34 heavy (non-hydrogen) atoms. The standard InChI is InChI=1S/C27H31N5O2/c1-17-6-4-7-18(2)25(17)33-19(3)20-9-11-22(12-10-20)34-23-13-15-31-26(28)24(23)27(29)32-21-8-5-14-30-16-21/h4,6-7,9-13,15,21,30H,3,5,8,14,16H2,1-2H3,(H2,28,31)(H2,29,32). The van der Waals surface area contributed by atoms with Crippen LogP contribution in [0.5, 0.6) is 17.2 Å². The van der Waals surface area contributed by atoms with Gasteiger partial charge in [0, 0.05) is 24.4 Å². The summed E-state index contributed by atoms with van der Waals surface area (Å²) in [4.78, 5) is 8.84. The number of rotatable bonds is 7. The smallest absolute Gasteiger partial charge is 0.143 e. The summed E-state index contributed by atoms with van der Waals surface area (Å²) >= 11 is 0. The van der Waals surface area contributed by atoms with Gasteiger partial charge in [-0.1, -0.05) is 24.8 Å². The molecule has 0 bridgehead atoms. The van der Waals surface area contributed by atoms with E-state index >= 15 is 0 Å². The van der Waals surface area contributed by atoms with Crippen LogP contribution in [0.3, 0.4) is 0 Å². The number of anilines is 1. The topological polar surface area (TPSA) is 108 Å². The molecule has 2 heterocycles. The minimum absolute atomic E-state index is 0.114. The molecule has 1 atom stereocenters. The molecule has 7 nitrogen and oxygen atoms in total. The second-order valence-electron chi connectivity index (χ2n) is 8.46. The number of nitrogen functional groups attached to an aromatic ring is 1. The van der Waals surface area contributed by atoms with Gasteiger partial charge in [-0.3, -0.25) is 4.99 Å². The Labute approximate surface area is 200 Å². The summed E-state index contributed by atoms with van der Waals surface area (Å²) < 4.78 is 12.2. The Balaban J connectivity index is 1.51. The maximum absolute atomic E-state index is 6.34. The highest BCUT2D eigenvalue weighted by atomic mass is 16.5. The molecule has 0 amide bonds. The molecule has 4 rings (SSSR count). The quantitative estimate of drug-likeness (QED) is 0.272. The van der Waals surface area contributed by atoms with Gasteiger partial charge >= 0.3 is 0 Å². The Morgan fingerprint density at radius 2 is 1.85 bits per heavy atom. The van der Waals surface area contributed by atoms with Crippen molar-refractivity contribution in [1.29, 1.82) is 0 Å². The molecule has 1 unspecified atom stereocenters. The Bertz CT molecular complexity index is 1180. The van der Waals surface area contributed by atoms with E-state index in [1.54, 1.807) is 12.3 Å². The van der Waals surface area contributed by atoms with E-state index in [4.69, 9.17) is 20.9 Å². The molecule has 1 aliphatic rings. The predicted octanol–water partition coefficient (Wildman–Crippen LogP) is 4.58. The van der Waals surface area contributed by atoms with Crippen molar-refractivity contribution in [3.63, 3.8) is 0 Å². The van der Waals surface area contributed by atoms with Crippen LogP contribution in [0.15, 0.2) is 66.3 Å². The summed E-state index contributed by atoms with van der Waals surface area (Å²) in [6, 6.07) is 15.4. The Hall–Kier alpha value is -3.84. The van der Waals surface area contributed by atoms with Crippen LogP contribution in [-0.4, -0.2) is 30.0 Å². The lowest BCUT2D eigenvalue weighted by Crippen LogP contribution is -2.34. The van der Waals surface area contributed by atoms with Gasteiger partial charge in [0.2, 0.25) is 0 Å². The number of aryl methyl sites for hydroxylation is 2. The average molecular weight is 458 g/mol. The van der Waals surface area contributed by atoms with Crippen LogP contribution in [0.4, 0.5) is 5.82 Å². The summed E-state index contributed by atoms with van der Waals surface area (Å²) in [7, 11) is 0. The zero-order chi connectivity index (χ0) is 24.1. The van der Waals surface area contributed by atoms with Crippen molar-refractivity contribution in [3.05, 3.63) is 83.6 Å². The molecule has 1 saturated heterocycles. The average Bonchev–Trinajstić information content (AvgIpc) is 2.82. The number of aliphatic imine (C=N–C) groups is 1. The maximum Gasteiger partial charge on any atom is 0.143 e. The number of aromatic nitrogens is 1. The van der Waals surface area contributed by atoms with E-state index in [0.29, 0.717) is 28.7 Å². The number of hydrogen-bond donors (Lipinski definition) is 3. The third kappa shape index (κ3) is 5.38. The van der Waals surface area contributed by atoms with E-state index in [1.807, 2.05) is 56.3 Å². The molecule has 0 radical (unpaired) electrons. The first-order chi connectivity index (χ1) is 16.4. The second kappa shape index (κ2) is 10.4. The number of nitrogens with zero attached hydrogens (tertiary/aromatic N) is 2. The molecule has 2 aromatic carbocycles. The number of hydrogen-bond acceptors (Lipinski definition) is 6. The molecule has 1 aliphatic heterocycles. The van der Waals surface area contributed by atoms with Crippen LogP contribution in [0, 0.1) is 13.8 Å². The van der Waals surface area contributed by atoms with Crippen LogP contribution >= 0.6 is 0 Å². The van der Waals surface area contributed by atoms with E-state index in [2.05, 4.69) is 21.9 Å². The highest BCUT2D eigenvalue weighted by Crippen LogP contribution is 2.31. The predicted molar refractivity (Wildman–Crippen MR) is 137 cm³/mol.